The van der Waals surface area contributed by atoms with Crippen molar-refractivity contribution in [1.82, 2.24) is 10.2 Å². The number of nitrogens with zero attached hydrogens (tertiary/aromatic N) is 1. The number of aliphatic carboxylic acids is 1. The zero-order valence-corrected chi connectivity index (χ0v) is 10.3. The second kappa shape index (κ2) is 3.62. The highest BCUT2D eigenvalue weighted by atomic mass is 32.2. The summed E-state index contributed by atoms with van der Waals surface area (Å²) in [7, 11) is 0. The number of nitrogens with one attached hydrogen (secondary N) is 1. The minimum absolute atomic E-state index is 0.0189. The molecule has 3 atom stereocenters. The summed E-state index contributed by atoms with van der Waals surface area (Å²) in [5.74, 6) is 0.00231. The van der Waals surface area contributed by atoms with Crippen molar-refractivity contribution in [3.8, 4) is 0 Å². The first-order chi connectivity index (χ1) is 7.60. The SMILES string of the molecule is CC1CC2(CN1C1CC1)NC(C(=O)O)CS2. The number of likely N-dealkylation sites (tertiary alicyclic amines) is 1. The third-order valence-electron chi connectivity index (χ3n) is 3.91. The van der Waals surface area contributed by atoms with Crippen molar-refractivity contribution in [2.24, 2.45) is 0 Å². The van der Waals surface area contributed by atoms with Crippen LogP contribution in [0.4, 0.5) is 0 Å². The second-order valence-corrected chi connectivity index (χ2v) is 6.70. The summed E-state index contributed by atoms with van der Waals surface area (Å²) >= 11 is 1.81. The van der Waals surface area contributed by atoms with Gasteiger partial charge in [-0.1, -0.05) is 0 Å². The van der Waals surface area contributed by atoms with Crippen LogP contribution in [0.1, 0.15) is 26.2 Å². The summed E-state index contributed by atoms with van der Waals surface area (Å²) < 4.78 is 0. The Morgan fingerprint density at radius 1 is 1.56 bits per heavy atom. The molecule has 4 nitrogen and oxygen atoms in total. The third kappa shape index (κ3) is 1.75. The number of rotatable bonds is 2. The number of hydrogen-bond acceptors (Lipinski definition) is 4. The van der Waals surface area contributed by atoms with Crippen LogP contribution in [0.25, 0.3) is 0 Å². The summed E-state index contributed by atoms with van der Waals surface area (Å²) in [6, 6.07) is 1.03. The molecular formula is C11H18N2O2S. The average Bonchev–Trinajstić information content (AvgIpc) is 2.91. The minimum atomic E-state index is -0.707. The molecule has 90 valence electrons. The van der Waals surface area contributed by atoms with E-state index in [0.29, 0.717) is 11.8 Å². The van der Waals surface area contributed by atoms with Crippen LogP contribution in [-0.4, -0.2) is 51.3 Å². The van der Waals surface area contributed by atoms with E-state index in [1.54, 1.807) is 0 Å². The van der Waals surface area contributed by atoms with Crippen LogP contribution >= 0.6 is 11.8 Å². The van der Waals surface area contributed by atoms with Gasteiger partial charge in [0.1, 0.15) is 6.04 Å². The maximum absolute atomic E-state index is 11.0. The molecular weight excluding hydrogens is 224 g/mol. The first-order valence-electron chi connectivity index (χ1n) is 6.00. The molecule has 0 aromatic heterocycles. The van der Waals surface area contributed by atoms with Gasteiger partial charge in [-0.3, -0.25) is 15.0 Å². The zero-order chi connectivity index (χ0) is 11.3. The molecule has 3 aliphatic rings. The molecule has 2 N–H and O–H groups in total. The van der Waals surface area contributed by atoms with Crippen molar-refractivity contribution < 1.29 is 9.90 Å². The van der Waals surface area contributed by atoms with Gasteiger partial charge in [0.25, 0.3) is 0 Å². The molecule has 0 bridgehead atoms. The van der Waals surface area contributed by atoms with Gasteiger partial charge in [0.05, 0.1) is 4.87 Å². The highest BCUT2D eigenvalue weighted by Crippen LogP contribution is 2.44. The second-order valence-electron chi connectivity index (χ2n) is 5.30. The predicted molar refractivity (Wildman–Crippen MR) is 63.6 cm³/mol. The number of hydrogen-bond donors (Lipinski definition) is 2. The molecule has 3 rings (SSSR count). The number of carboxylic acids is 1. The molecule has 2 saturated heterocycles. The fraction of sp³-hybridized carbons (Fsp3) is 0.909. The Kier molecular flexibility index (Phi) is 2.46. The molecule has 1 saturated carbocycles. The molecule has 5 heteroatoms. The van der Waals surface area contributed by atoms with Gasteiger partial charge in [-0.15, -0.1) is 11.8 Å². The van der Waals surface area contributed by atoms with Gasteiger partial charge in [-0.2, -0.15) is 0 Å². The fourth-order valence-electron chi connectivity index (χ4n) is 2.99. The highest BCUT2D eigenvalue weighted by Gasteiger charge is 2.51. The van der Waals surface area contributed by atoms with Crippen LogP contribution in [0.15, 0.2) is 0 Å². The van der Waals surface area contributed by atoms with Crippen LogP contribution < -0.4 is 5.32 Å². The lowest BCUT2D eigenvalue weighted by molar-refractivity contribution is -0.138. The maximum Gasteiger partial charge on any atom is 0.321 e. The predicted octanol–water partition coefficient (Wildman–Crippen LogP) is 0.729. The van der Waals surface area contributed by atoms with Crippen molar-refractivity contribution in [2.45, 2.75) is 49.2 Å². The molecule has 2 aliphatic heterocycles. The summed E-state index contributed by atoms with van der Waals surface area (Å²) in [6.07, 6.45) is 3.73. The Labute approximate surface area is 99.8 Å². The Morgan fingerprint density at radius 2 is 2.31 bits per heavy atom. The van der Waals surface area contributed by atoms with Crippen LogP contribution in [-0.2, 0) is 4.79 Å². The Hall–Kier alpha value is -0.260. The largest absolute Gasteiger partial charge is 0.480 e. The normalized spacial score (nSPS) is 44.3. The summed E-state index contributed by atoms with van der Waals surface area (Å²) in [5.41, 5.74) is 0. The van der Waals surface area contributed by atoms with Crippen molar-refractivity contribution in [2.75, 3.05) is 12.3 Å². The van der Waals surface area contributed by atoms with Crippen LogP contribution in [0.5, 0.6) is 0 Å². The lowest BCUT2D eigenvalue weighted by Gasteiger charge is -2.24. The van der Waals surface area contributed by atoms with Gasteiger partial charge in [0, 0.05) is 24.4 Å². The summed E-state index contributed by atoms with van der Waals surface area (Å²) in [5, 5.41) is 12.4. The molecule has 3 fully saturated rings. The highest BCUT2D eigenvalue weighted by molar-refractivity contribution is 8.01. The molecule has 0 amide bonds. The van der Waals surface area contributed by atoms with E-state index in [9.17, 15) is 4.79 Å². The lowest BCUT2D eigenvalue weighted by Crippen LogP contribution is -2.46. The van der Waals surface area contributed by atoms with E-state index in [4.69, 9.17) is 5.11 Å². The van der Waals surface area contributed by atoms with Gasteiger partial charge in [-0.25, -0.2) is 0 Å². The quantitative estimate of drug-likeness (QED) is 0.747. The zero-order valence-electron chi connectivity index (χ0n) is 9.48. The number of carbonyl (C=O) groups is 1. The Morgan fingerprint density at radius 3 is 2.88 bits per heavy atom. The smallest absolute Gasteiger partial charge is 0.321 e. The maximum atomic E-state index is 11.0. The molecule has 3 unspecified atom stereocenters. The molecule has 1 aliphatic carbocycles. The van der Waals surface area contributed by atoms with Gasteiger partial charge in [0.2, 0.25) is 0 Å². The standard InChI is InChI=1S/C11H18N2O2S/c1-7-4-11(6-13(7)8-2-3-8)12-9(5-16-11)10(14)15/h7-9,12H,2-6H2,1H3,(H,14,15). The van der Waals surface area contributed by atoms with Gasteiger partial charge in [-0.05, 0) is 26.2 Å². The first-order valence-corrected chi connectivity index (χ1v) is 6.98. The molecule has 0 aromatic rings. The molecule has 2 heterocycles. The van der Waals surface area contributed by atoms with E-state index in [0.717, 1.165) is 19.0 Å². The summed E-state index contributed by atoms with van der Waals surface area (Å²) in [4.78, 5) is 13.5. The van der Waals surface area contributed by atoms with Crippen molar-refractivity contribution in [3.05, 3.63) is 0 Å². The third-order valence-corrected chi connectivity index (χ3v) is 5.37. The fourth-order valence-corrected chi connectivity index (χ4v) is 4.53. The number of carboxylic acid groups (broad SMARTS) is 1. The van der Waals surface area contributed by atoms with Crippen LogP contribution in [0.2, 0.25) is 0 Å². The Balaban J connectivity index is 1.69. The molecule has 1 spiro atoms. The lowest BCUT2D eigenvalue weighted by atomic mass is 10.1. The number of thioether (sulfide) groups is 1. The molecule has 0 radical (unpaired) electrons. The van der Waals surface area contributed by atoms with Crippen molar-refractivity contribution in [3.63, 3.8) is 0 Å². The van der Waals surface area contributed by atoms with Crippen LogP contribution in [0, 0.1) is 0 Å². The molecule has 16 heavy (non-hydrogen) atoms. The van der Waals surface area contributed by atoms with Crippen molar-refractivity contribution >= 4 is 17.7 Å². The van der Waals surface area contributed by atoms with Gasteiger partial charge >= 0.3 is 5.97 Å². The van der Waals surface area contributed by atoms with E-state index in [2.05, 4.69) is 17.1 Å². The Bertz CT molecular complexity index is 321. The van der Waals surface area contributed by atoms with E-state index in [1.807, 2.05) is 11.8 Å². The van der Waals surface area contributed by atoms with E-state index < -0.39 is 5.97 Å². The van der Waals surface area contributed by atoms with E-state index in [1.165, 1.54) is 12.8 Å². The van der Waals surface area contributed by atoms with Gasteiger partial charge < -0.3 is 5.11 Å². The van der Waals surface area contributed by atoms with Crippen molar-refractivity contribution in [1.29, 1.82) is 0 Å². The van der Waals surface area contributed by atoms with Gasteiger partial charge in [0.15, 0.2) is 0 Å². The van der Waals surface area contributed by atoms with E-state index >= 15 is 0 Å². The monoisotopic (exact) mass is 242 g/mol. The summed E-state index contributed by atoms with van der Waals surface area (Å²) in [6.45, 7) is 3.29. The average molecular weight is 242 g/mol. The first kappa shape index (κ1) is 10.9. The molecule has 0 aromatic carbocycles. The van der Waals surface area contributed by atoms with E-state index in [-0.39, 0.29) is 10.9 Å². The van der Waals surface area contributed by atoms with Crippen LogP contribution in [0.3, 0.4) is 0 Å². The minimum Gasteiger partial charge on any atom is -0.480 e. The topological polar surface area (TPSA) is 52.6 Å².